The average Bonchev–Trinajstić information content (AvgIpc) is 3.54. The zero-order valence-corrected chi connectivity index (χ0v) is 15.8. The zero-order valence-electron chi connectivity index (χ0n) is 15.8. The van der Waals surface area contributed by atoms with Gasteiger partial charge in [-0.2, -0.15) is 0 Å². The average molecular weight is 356 g/mol. The van der Waals surface area contributed by atoms with Crippen molar-refractivity contribution in [2.75, 3.05) is 26.4 Å². The summed E-state index contributed by atoms with van der Waals surface area (Å²) in [6.07, 6.45) is 7.48. The Bertz CT molecular complexity index is 681. The van der Waals surface area contributed by atoms with Gasteiger partial charge < -0.3 is 18.9 Å². The summed E-state index contributed by atoms with van der Waals surface area (Å²) in [5.74, 6) is 1.26. The van der Waals surface area contributed by atoms with Gasteiger partial charge in [-0.1, -0.05) is 51.1 Å². The first-order valence-electron chi connectivity index (χ1n) is 9.51. The fourth-order valence-corrected chi connectivity index (χ4v) is 3.30. The van der Waals surface area contributed by atoms with Crippen molar-refractivity contribution in [2.24, 2.45) is 5.92 Å². The van der Waals surface area contributed by atoms with E-state index in [9.17, 15) is 0 Å². The van der Waals surface area contributed by atoms with Gasteiger partial charge in [-0.3, -0.25) is 0 Å². The van der Waals surface area contributed by atoms with E-state index in [-0.39, 0.29) is 17.6 Å². The van der Waals surface area contributed by atoms with E-state index in [2.05, 4.69) is 63.3 Å². The van der Waals surface area contributed by atoms with E-state index in [0.717, 1.165) is 19.0 Å². The standard InChI is InChI=1S/C22H28O4/c1-15-10-17(6-9-21(15)26-14-20-13-25-20)22(2,3)16-4-7-18(8-5-16)23-11-19-12-24-19/h4-10,15,19-21H,11-14H2,1-3H3. The molecule has 140 valence electrons. The summed E-state index contributed by atoms with van der Waals surface area (Å²) in [6.45, 7) is 9.75. The molecule has 4 rings (SSSR count). The normalized spacial score (nSPS) is 30.0. The highest BCUT2D eigenvalue weighted by Crippen LogP contribution is 2.36. The van der Waals surface area contributed by atoms with Gasteiger partial charge in [0.1, 0.15) is 24.6 Å². The number of hydrogen-bond donors (Lipinski definition) is 0. The molecule has 2 saturated heterocycles. The van der Waals surface area contributed by atoms with Crippen LogP contribution in [0, 0.1) is 5.92 Å². The molecule has 0 bridgehead atoms. The highest BCUT2D eigenvalue weighted by atomic mass is 16.6. The predicted octanol–water partition coefficient (Wildman–Crippen LogP) is 3.66. The lowest BCUT2D eigenvalue weighted by Crippen LogP contribution is -2.27. The van der Waals surface area contributed by atoms with Gasteiger partial charge >= 0.3 is 0 Å². The van der Waals surface area contributed by atoms with Crippen LogP contribution >= 0.6 is 0 Å². The van der Waals surface area contributed by atoms with Crippen molar-refractivity contribution in [1.82, 2.24) is 0 Å². The molecule has 2 aliphatic heterocycles. The van der Waals surface area contributed by atoms with E-state index in [1.807, 2.05) is 0 Å². The number of hydrogen-bond acceptors (Lipinski definition) is 4. The maximum Gasteiger partial charge on any atom is 0.119 e. The smallest absolute Gasteiger partial charge is 0.119 e. The molecule has 0 spiro atoms. The number of epoxide rings is 2. The zero-order chi connectivity index (χ0) is 18.1. The van der Waals surface area contributed by atoms with Crippen molar-refractivity contribution in [3.8, 4) is 5.75 Å². The Labute approximate surface area is 155 Å². The molecule has 4 nitrogen and oxygen atoms in total. The summed E-state index contributed by atoms with van der Waals surface area (Å²) >= 11 is 0. The molecular formula is C22H28O4. The second-order valence-corrected chi connectivity index (χ2v) is 8.01. The molecule has 0 amide bonds. The molecule has 1 aliphatic carbocycles. The van der Waals surface area contributed by atoms with Crippen LogP contribution in [0.5, 0.6) is 5.75 Å². The largest absolute Gasteiger partial charge is 0.491 e. The van der Waals surface area contributed by atoms with Crippen LogP contribution < -0.4 is 4.74 Å². The summed E-state index contributed by atoms with van der Waals surface area (Å²) in [5, 5.41) is 0. The molecule has 0 aromatic heterocycles. The van der Waals surface area contributed by atoms with E-state index in [1.165, 1.54) is 11.1 Å². The fraction of sp³-hybridized carbons (Fsp3) is 0.545. The maximum atomic E-state index is 5.97. The molecule has 1 aromatic carbocycles. The van der Waals surface area contributed by atoms with Gasteiger partial charge in [0, 0.05) is 11.3 Å². The Balaban J connectivity index is 1.40. The van der Waals surface area contributed by atoms with Crippen molar-refractivity contribution in [1.29, 1.82) is 0 Å². The topological polar surface area (TPSA) is 43.5 Å². The summed E-state index contributed by atoms with van der Waals surface area (Å²) in [7, 11) is 0. The van der Waals surface area contributed by atoms with Crippen LogP contribution in [-0.2, 0) is 19.6 Å². The summed E-state index contributed by atoms with van der Waals surface area (Å²) in [4.78, 5) is 0. The van der Waals surface area contributed by atoms with Gasteiger partial charge in [-0.15, -0.1) is 0 Å². The monoisotopic (exact) mass is 356 g/mol. The Morgan fingerprint density at radius 1 is 1.04 bits per heavy atom. The highest BCUT2D eigenvalue weighted by molar-refractivity contribution is 5.44. The van der Waals surface area contributed by atoms with E-state index in [0.29, 0.717) is 25.2 Å². The Morgan fingerprint density at radius 2 is 1.69 bits per heavy atom. The molecule has 2 fully saturated rings. The van der Waals surface area contributed by atoms with Crippen molar-refractivity contribution in [2.45, 2.75) is 44.5 Å². The van der Waals surface area contributed by atoms with Crippen LogP contribution in [0.25, 0.3) is 0 Å². The first-order chi connectivity index (χ1) is 12.5. The van der Waals surface area contributed by atoms with Crippen LogP contribution in [0.1, 0.15) is 26.3 Å². The summed E-state index contributed by atoms with van der Waals surface area (Å²) in [5.41, 5.74) is 2.54. The van der Waals surface area contributed by atoms with Gasteiger partial charge in [0.25, 0.3) is 0 Å². The van der Waals surface area contributed by atoms with E-state index >= 15 is 0 Å². The Morgan fingerprint density at radius 3 is 2.31 bits per heavy atom. The Kier molecular flexibility index (Phi) is 4.91. The summed E-state index contributed by atoms with van der Waals surface area (Å²) < 4.78 is 22.1. The first-order valence-corrected chi connectivity index (χ1v) is 9.51. The van der Waals surface area contributed by atoms with Crippen molar-refractivity contribution in [3.63, 3.8) is 0 Å². The maximum absolute atomic E-state index is 5.97. The molecule has 2 heterocycles. The minimum absolute atomic E-state index is 0.0620. The quantitative estimate of drug-likeness (QED) is 0.667. The first kappa shape index (κ1) is 17.8. The second kappa shape index (κ2) is 7.18. The van der Waals surface area contributed by atoms with E-state index < -0.39 is 0 Å². The third-order valence-corrected chi connectivity index (χ3v) is 5.44. The third-order valence-electron chi connectivity index (χ3n) is 5.44. The third kappa shape index (κ3) is 4.20. The van der Waals surface area contributed by atoms with Crippen molar-refractivity contribution < 1.29 is 18.9 Å². The molecule has 4 heteroatoms. The summed E-state index contributed by atoms with van der Waals surface area (Å²) in [6, 6.07) is 8.43. The predicted molar refractivity (Wildman–Crippen MR) is 101 cm³/mol. The number of ether oxygens (including phenoxy) is 4. The minimum Gasteiger partial charge on any atom is -0.491 e. The van der Waals surface area contributed by atoms with Crippen molar-refractivity contribution >= 4 is 0 Å². The number of rotatable bonds is 8. The molecule has 0 N–H and O–H groups in total. The molecule has 4 unspecified atom stereocenters. The van der Waals surface area contributed by atoms with Crippen LogP contribution in [-0.4, -0.2) is 44.7 Å². The Hall–Kier alpha value is -1.62. The molecule has 0 radical (unpaired) electrons. The van der Waals surface area contributed by atoms with E-state index in [4.69, 9.17) is 18.9 Å². The van der Waals surface area contributed by atoms with Gasteiger partial charge in [-0.25, -0.2) is 0 Å². The van der Waals surface area contributed by atoms with Gasteiger partial charge in [0.15, 0.2) is 0 Å². The number of benzene rings is 1. The molecule has 26 heavy (non-hydrogen) atoms. The molecule has 4 atom stereocenters. The van der Waals surface area contributed by atoms with Crippen LogP contribution in [0.4, 0.5) is 0 Å². The SMILES string of the molecule is CC1C=C(C(C)(C)c2ccc(OCC3CO3)cc2)C=CC1OCC1CO1. The number of allylic oxidation sites excluding steroid dienone is 2. The lowest BCUT2D eigenvalue weighted by molar-refractivity contribution is 0.0502. The molecule has 1 aromatic rings. The van der Waals surface area contributed by atoms with Crippen LogP contribution in [0.3, 0.4) is 0 Å². The molecular weight excluding hydrogens is 328 g/mol. The van der Waals surface area contributed by atoms with Crippen molar-refractivity contribution in [3.05, 3.63) is 53.6 Å². The lowest BCUT2D eigenvalue weighted by Gasteiger charge is -2.32. The molecule has 3 aliphatic rings. The second-order valence-electron chi connectivity index (χ2n) is 8.01. The van der Waals surface area contributed by atoms with Gasteiger partial charge in [-0.05, 0) is 23.3 Å². The van der Waals surface area contributed by atoms with Crippen LogP contribution in [0.2, 0.25) is 0 Å². The lowest BCUT2D eigenvalue weighted by atomic mass is 9.74. The molecule has 0 saturated carbocycles. The van der Waals surface area contributed by atoms with Gasteiger partial charge in [0.05, 0.1) is 25.9 Å². The van der Waals surface area contributed by atoms with E-state index in [1.54, 1.807) is 0 Å². The van der Waals surface area contributed by atoms with Crippen LogP contribution in [0.15, 0.2) is 48.1 Å². The highest BCUT2D eigenvalue weighted by Gasteiger charge is 2.30. The fourth-order valence-electron chi connectivity index (χ4n) is 3.30. The minimum atomic E-state index is -0.0620. The van der Waals surface area contributed by atoms with Gasteiger partial charge in [0.2, 0.25) is 0 Å².